The Kier molecular flexibility index (Phi) is 5.30. The van der Waals surface area contributed by atoms with Gasteiger partial charge in [-0.25, -0.2) is 4.98 Å². The van der Waals surface area contributed by atoms with E-state index in [1.807, 2.05) is 91.2 Å². The van der Waals surface area contributed by atoms with Gasteiger partial charge in [-0.15, -0.1) is 5.10 Å². The second kappa shape index (κ2) is 8.43. The van der Waals surface area contributed by atoms with Crippen LogP contribution in [0.4, 0.5) is 0 Å². The Hall–Kier alpha value is -4.13. The minimum atomic E-state index is -0.656. The number of carbonyl (C=O) groups excluding carboxylic acids is 1. The number of fused-ring (bicyclic) bond motifs is 1. The van der Waals surface area contributed by atoms with Crippen LogP contribution in [0, 0.1) is 13.8 Å². The molecule has 0 spiro atoms. The maximum absolute atomic E-state index is 12.4. The van der Waals surface area contributed by atoms with Crippen molar-refractivity contribution >= 4 is 17.5 Å². The topological polar surface area (TPSA) is 68.4 Å². The molecule has 166 valence electrons. The third-order valence-corrected chi connectivity index (χ3v) is 5.54. The van der Waals surface area contributed by atoms with Crippen LogP contribution in [0.1, 0.15) is 41.2 Å². The Labute approximate surface area is 191 Å². The van der Waals surface area contributed by atoms with Crippen LogP contribution in [-0.2, 0) is 16.1 Å². The van der Waals surface area contributed by atoms with Crippen LogP contribution in [0.25, 0.3) is 5.65 Å². The molecular weight excluding hydrogens is 416 g/mol. The van der Waals surface area contributed by atoms with Gasteiger partial charge in [0.2, 0.25) is 12.1 Å². The maximum atomic E-state index is 12.4. The Bertz CT molecular complexity index is 1340. The first kappa shape index (κ1) is 20.8. The molecule has 3 heterocycles. The molecule has 0 radical (unpaired) electrons. The fourth-order valence-electron chi connectivity index (χ4n) is 3.87. The number of aromatic nitrogens is 2. The molecule has 0 fully saturated rings. The number of hydrogen-bond acceptors (Lipinski definition) is 5. The molecule has 1 aliphatic heterocycles. The molecule has 5 rings (SSSR count). The molecule has 0 saturated heterocycles. The van der Waals surface area contributed by atoms with Crippen molar-refractivity contribution in [3.8, 4) is 5.75 Å². The van der Waals surface area contributed by atoms with Gasteiger partial charge in [-0.05, 0) is 61.4 Å². The third-order valence-electron chi connectivity index (χ3n) is 5.54. The van der Waals surface area contributed by atoms with E-state index < -0.39 is 6.23 Å². The zero-order valence-electron chi connectivity index (χ0n) is 18.7. The second-order valence-corrected chi connectivity index (χ2v) is 8.06. The number of aryl methyl sites for hydroxylation is 2. The summed E-state index contributed by atoms with van der Waals surface area (Å²) in [7, 11) is 0. The average Bonchev–Trinajstić information content (AvgIpc) is 3.39. The number of amides is 1. The normalized spacial score (nSPS) is 15.4. The minimum absolute atomic E-state index is 0.207. The quantitative estimate of drug-likeness (QED) is 0.448. The van der Waals surface area contributed by atoms with Crippen molar-refractivity contribution in [3.05, 3.63) is 101 Å². The molecule has 0 bridgehead atoms. The highest BCUT2D eigenvalue weighted by atomic mass is 16.5. The van der Waals surface area contributed by atoms with Crippen molar-refractivity contribution in [1.29, 1.82) is 0 Å². The van der Waals surface area contributed by atoms with E-state index in [0.29, 0.717) is 12.5 Å². The number of imidazole rings is 1. The molecule has 33 heavy (non-hydrogen) atoms. The predicted octanol–water partition coefficient (Wildman–Crippen LogP) is 4.77. The van der Waals surface area contributed by atoms with Crippen LogP contribution in [0.2, 0.25) is 0 Å². The highest BCUT2D eigenvalue weighted by Crippen LogP contribution is 2.32. The van der Waals surface area contributed by atoms with Gasteiger partial charge < -0.3 is 9.47 Å². The Morgan fingerprint density at radius 1 is 1.06 bits per heavy atom. The molecule has 1 amide bonds. The van der Waals surface area contributed by atoms with Crippen molar-refractivity contribution in [2.75, 3.05) is 0 Å². The summed E-state index contributed by atoms with van der Waals surface area (Å²) >= 11 is 0. The Morgan fingerprint density at radius 2 is 1.82 bits per heavy atom. The molecule has 1 aliphatic rings. The Morgan fingerprint density at radius 3 is 2.55 bits per heavy atom. The smallest absolute Gasteiger partial charge is 0.260 e. The van der Waals surface area contributed by atoms with Crippen LogP contribution in [0.5, 0.6) is 5.75 Å². The third kappa shape index (κ3) is 4.05. The van der Waals surface area contributed by atoms with Gasteiger partial charge in [-0.3, -0.25) is 9.20 Å². The van der Waals surface area contributed by atoms with E-state index in [0.717, 1.165) is 39.5 Å². The van der Waals surface area contributed by atoms with Crippen LogP contribution < -0.4 is 4.74 Å². The van der Waals surface area contributed by atoms with Gasteiger partial charge in [-0.2, -0.15) is 5.01 Å². The summed E-state index contributed by atoms with van der Waals surface area (Å²) in [5.41, 5.74) is 5.35. The highest BCUT2D eigenvalue weighted by molar-refractivity contribution is 5.96. The number of benzene rings is 2. The molecule has 0 saturated carbocycles. The summed E-state index contributed by atoms with van der Waals surface area (Å²) in [5.74, 6) is 0.902. The van der Waals surface area contributed by atoms with Gasteiger partial charge in [0, 0.05) is 18.7 Å². The molecule has 7 heteroatoms. The summed E-state index contributed by atoms with van der Waals surface area (Å²) in [6, 6.07) is 21.5. The van der Waals surface area contributed by atoms with Gasteiger partial charge in [0.15, 0.2) is 0 Å². The van der Waals surface area contributed by atoms with Crippen LogP contribution >= 0.6 is 0 Å². The maximum Gasteiger partial charge on any atom is 0.260 e. The molecule has 0 aliphatic carbocycles. The monoisotopic (exact) mass is 440 g/mol. The lowest BCUT2D eigenvalue weighted by Crippen LogP contribution is -2.25. The molecule has 2 aromatic heterocycles. The second-order valence-electron chi connectivity index (χ2n) is 8.06. The number of rotatable bonds is 5. The molecular formula is C26H24N4O3. The first-order valence-corrected chi connectivity index (χ1v) is 10.8. The summed E-state index contributed by atoms with van der Waals surface area (Å²) in [4.78, 5) is 17.0. The fraction of sp³-hybridized carbons (Fsp3) is 0.192. The summed E-state index contributed by atoms with van der Waals surface area (Å²) in [6.45, 7) is 5.90. The van der Waals surface area contributed by atoms with E-state index in [4.69, 9.17) is 9.47 Å². The van der Waals surface area contributed by atoms with E-state index >= 15 is 0 Å². The number of ether oxygens (including phenoxy) is 2. The first-order valence-electron chi connectivity index (χ1n) is 10.8. The van der Waals surface area contributed by atoms with E-state index in [2.05, 4.69) is 10.1 Å². The van der Waals surface area contributed by atoms with Gasteiger partial charge in [-0.1, -0.05) is 30.3 Å². The van der Waals surface area contributed by atoms with Gasteiger partial charge >= 0.3 is 0 Å². The number of hydrazone groups is 1. The number of nitrogens with zero attached hydrogens (tertiary/aromatic N) is 4. The van der Waals surface area contributed by atoms with Crippen molar-refractivity contribution in [1.82, 2.24) is 14.4 Å². The van der Waals surface area contributed by atoms with Crippen LogP contribution in [0.3, 0.4) is 0 Å². The van der Waals surface area contributed by atoms with Crippen molar-refractivity contribution in [2.24, 2.45) is 5.10 Å². The van der Waals surface area contributed by atoms with Crippen LogP contribution in [0.15, 0.2) is 78.0 Å². The zero-order chi connectivity index (χ0) is 22.9. The lowest BCUT2D eigenvalue weighted by Gasteiger charge is -2.19. The SMILES string of the molecule is CC(=O)N1N=C(c2c(C)nc3cc(C)ccn23)OC1c1ccc(OCc2ccccc2)cc1. The molecule has 1 atom stereocenters. The van der Waals surface area contributed by atoms with E-state index in [9.17, 15) is 4.79 Å². The van der Waals surface area contributed by atoms with E-state index in [-0.39, 0.29) is 5.91 Å². The molecule has 2 aromatic carbocycles. The molecule has 1 unspecified atom stereocenters. The van der Waals surface area contributed by atoms with Gasteiger partial charge in [0.1, 0.15) is 23.7 Å². The highest BCUT2D eigenvalue weighted by Gasteiger charge is 2.35. The first-order chi connectivity index (χ1) is 16.0. The lowest BCUT2D eigenvalue weighted by molar-refractivity contribution is -0.135. The number of pyridine rings is 1. The van der Waals surface area contributed by atoms with E-state index in [1.54, 1.807) is 0 Å². The predicted molar refractivity (Wildman–Crippen MR) is 125 cm³/mol. The fourth-order valence-corrected chi connectivity index (χ4v) is 3.87. The average molecular weight is 441 g/mol. The van der Waals surface area contributed by atoms with Crippen LogP contribution in [-0.4, -0.2) is 26.2 Å². The van der Waals surface area contributed by atoms with Gasteiger partial charge in [0.25, 0.3) is 5.90 Å². The molecule has 0 N–H and O–H groups in total. The molecule has 7 nitrogen and oxygen atoms in total. The number of hydrogen-bond donors (Lipinski definition) is 0. The van der Waals surface area contributed by atoms with Crippen molar-refractivity contribution in [3.63, 3.8) is 0 Å². The minimum Gasteiger partial charge on any atom is -0.489 e. The number of carbonyl (C=O) groups is 1. The molecule has 4 aromatic rings. The largest absolute Gasteiger partial charge is 0.489 e. The standard InChI is InChI=1S/C26H24N4O3/c1-17-13-14-29-23(15-17)27-18(2)24(29)25-28-30(19(3)31)26(33-25)21-9-11-22(12-10-21)32-16-20-7-5-4-6-8-20/h4-15,26H,16H2,1-3H3. The summed E-state index contributed by atoms with van der Waals surface area (Å²) in [6.07, 6.45) is 1.28. The lowest BCUT2D eigenvalue weighted by atomic mass is 10.2. The van der Waals surface area contributed by atoms with E-state index in [1.165, 1.54) is 11.9 Å². The zero-order valence-corrected chi connectivity index (χ0v) is 18.7. The van der Waals surface area contributed by atoms with Crippen molar-refractivity contribution in [2.45, 2.75) is 33.6 Å². The summed E-state index contributed by atoms with van der Waals surface area (Å²) in [5, 5.41) is 5.87. The van der Waals surface area contributed by atoms with Gasteiger partial charge in [0.05, 0.1) is 5.69 Å². The van der Waals surface area contributed by atoms with Crippen molar-refractivity contribution < 1.29 is 14.3 Å². The summed E-state index contributed by atoms with van der Waals surface area (Å²) < 4.78 is 14.0. The Balaban J connectivity index is 1.38.